The Hall–Kier alpha value is -3.24. The van der Waals surface area contributed by atoms with Crippen LogP contribution in [0.2, 0.25) is 5.02 Å². The number of hydrogen-bond acceptors (Lipinski definition) is 7. The van der Waals surface area contributed by atoms with E-state index in [9.17, 15) is 9.59 Å². The summed E-state index contributed by atoms with van der Waals surface area (Å²) in [5.41, 5.74) is 3.51. The lowest BCUT2D eigenvalue weighted by Gasteiger charge is -2.24. The van der Waals surface area contributed by atoms with Crippen LogP contribution in [0, 0.1) is 20.8 Å². The Morgan fingerprint density at radius 2 is 1.60 bits per heavy atom. The minimum absolute atomic E-state index is 0.0132. The standard InChI is InChI=1S/C32H43ClN6O3S/c1-20-21(2)43-30-27(20)28(23-13-15-24(33)16-14-23)34-25(29-36-35-22(3)39(29)30)19-26(40)37(7)17-11-9-10-12-18-38(8)31(41)42-32(4,5)6/h13-16,25H,9-12,17-19H2,1-8H3/t25-/m0/s1. The molecule has 3 heterocycles. The second kappa shape index (κ2) is 13.6. The van der Waals surface area contributed by atoms with Crippen molar-refractivity contribution in [3.05, 3.63) is 62.5 Å². The topological polar surface area (TPSA) is 92.9 Å². The number of aryl methyl sites for hydroxylation is 2. The second-order valence-electron chi connectivity index (χ2n) is 12.2. The normalized spacial score (nSPS) is 14.4. The van der Waals surface area contributed by atoms with Gasteiger partial charge < -0.3 is 14.5 Å². The third-order valence-corrected chi connectivity index (χ3v) is 9.04. The van der Waals surface area contributed by atoms with Crippen LogP contribution in [0.25, 0.3) is 5.00 Å². The first-order valence-corrected chi connectivity index (χ1v) is 16.0. The maximum Gasteiger partial charge on any atom is 0.410 e. The molecule has 0 bridgehead atoms. The summed E-state index contributed by atoms with van der Waals surface area (Å²) in [6.45, 7) is 13.1. The van der Waals surface area contributed by atoms with Crippen LogP contribution in [0.4, 0.5) is 4.79 Å². The lowest BCUT2D eigenvalue weighted by Crippen LogP contribution is -2.34. The van der Waals surface area contributed by atoms with E-state index in [1.165, 1.54) is 4.88 Å². The highest BCUT2D eigenvalue weighted by atomic mass is 35.5. The third-order valence-electron chi connectivity index (χ3n) is 7.59. The van der Waals surface area contributed by atoms with Gasteiger partial charge in [0, 0.05) is 48.2 Å². The molecule has 2 aromatic heterocycles. The summed E-state index contributed by atoms with van der Waals surface area (Å²) < 4.78 is 7.48. The van der Waals surface area contributed by atoms with E-state index in [1.807, 2.05) is 59.0 Å². The molecule has 1 aliphatic heterocycles. The Labute approximate surface area is 263 Å². The fourth-order valence-corrected chi connectivity index (χ4v) is 6.40. The maximum absolute atomic E-state index is 13.5. The summed E-state index contributed by atoms with van der Waals surface area (Å²) in [6.07, 6.45) is 3.59. The van der Waals surface area contributed by atoms with Crippen molar-refractivity contribution < 1.29 is 14.3 Å². The van der Waals surface area contributed by atoms with E-state index in [0.29, 0.717) is 23.9 Å². The largest absolute Gasteiger partial charge is 0.444 e. The van der Waals surface area contributed by atoms with Crippen molar-refractivity contribution in [2.24, 2.45) is 4.99 Å². The molecule has 0 unspecified atom stereocenters. The molecular weight excluding hydrogens is 584 g/mol. The van der Waals surface area contributed by atoms with Crippen LogP contribution in [0.5, 0.6) is 0 Å². The number of aromatic nitrogens is 3. The molecular formula is C32H43ClN6O3S. The summed E-state index contributed by atoms with van der Waals surface area (Å²) in [4.78, 5) is 35.4. The minimum atomic E-state index is -0.499. The summed E-state index contributed by atoms with van der Waals surface area (Å²) >= 11 is 7.91. The van der Waals surface area contributed by atoms with E-state index in [0.717, 1.165) is 58.9 Å². The van der Waals surface area contributed by atoms with Gasteiger partial charge in [-0.25, -0.2) is 4.79 Å². The number of unbranched alkanes of at least 4 members (excludes halogenated alkanes) is 3. The number of carbonyl (C=O) groups excluding carboxylic acids is 2. The fourth-order valence-electron chi connectivity index (χ4n) is 5.06. The van der Waals surface area contributed by atoms with Crippen LogP contribution in [0.3, 0.4) is 0 Å². The molecule has 11 heteroatoms. The van der Waals surface area contributed by atoms with Gasteiger partial charge in [0.25, 0.3) is 0 Å². The second-order valence-corrected chi connectivity index (χ2v) is 13.9. The Kier molecular flexibility index (Phi) is 10.3. The van der Waals surface area contributed by atoms with Crippen LogP contribution in [0.1, 0.15) is 92.1 Å². The number of benzene rings is 1. The van der Waals surface area contributed by atoms with Gasteiger partial charge >= 0.3 is 6.09 Å². The van der Waals surface area contributed by atoms with Crippen molar-refractivity contribution in [2.75, 3.05) is 27.2 Å². The Morgan fingerprint density at radius 3 is 2.23 bits per heavy atom. The molecule has 0 spiro atoms. The van der Waals surface area contributed by atoms with E-state index >= 15 is 0 Å². The van der Waals surface area contributed by atoms with Crippen molar-refractivity contribution in [2.45, 2.75) is 85.3 Å². The Balaban J connectivity index is 1.42. The summed E-state index contributed by atoms with van der Waals surface area (Å²) in [7, 11) is 3.61. The Morgan fingerprint density at radius 1 is 0.977 bits per heavy atom. The monoisotopic (exact) mass is 626 g/mol. The van der Waals surface area contributed by atoms with Crippen molar-refractivity contribution in [1.82, 2.24) is 24.6 Å². The fraction of sp³-hybridized carbons (Fsp3) is 0.531. The molecule has 4 rings (SSSR count). The van der Waals surface area contributed by atoms with Crippen molar-refractivity contribution in [3.8, 4) is 5.00 Å². The molecule has 0 N–H and O–H groups in total. The van der Waals surface area contributed by atoms with Gasteiger partial charge in [-0.05, 0) is 72.1 Å². The average molecular weight is 627 g/mol. The number of aliphatic imine (C=N–C) groups is 1. The van der Waals surface area contributed by atoms with Crippen molar-refractivity contribution >= 4 is 40.6 Å². The number of amides is 2. The molecule has 0 aliphatic carbocycles. The number of hydrogen-bond donors (Lipinski definition) is 0. The maximum atomic E-state index is 13.5. The quantitative estimate of drug-likeness (QED) is 0.224. The van der Waals surface area contributed by atoms with Crippen LogP contribution in [-0.2, 0) is 9.53 Å². The third kappa shape index (κ3) is 7.84. The highest BCUT2D eigenvalue weighted by Gasteiger charge is 2.33. The van der Waals surface area contributed by atoms with Crippen molar-refractivity contribution in [3.63, 3.8) is 0 Å². The lowest BCUT2D eigenvalue weighted by atomic mass is 9.99. The Bertz CT molecular complexity index is 1490. The zero-order chi connectivity index (χ0) is 31.5. The smallest absolute Gasteiger partial charge is 0.410 e. The number of carbonyl (C=O) groups is 2. The number of thiophene rings is 1. The van der Waals surface area contributed by atoms with Gasteiger partial charge in [-0.3, -0.25) is 14.4 Å². The highest BCUT2D eigenvalue weighted by Crippen LogP contribution is 2.39. The first kappa shape index (κ1) is 32.7. The van der Waals surface area contributed by atoms with Gasteiger partial charge in [0.15, 0.2) is 5.82 Å². The zero-order valence-electron chi connectivity index (χ0n) is 26.5. The van der Waals surface area contributed by atoms with E-state index in [-0.39, 0.29) is 18.4 Å². The van der Waals surface area contributed by atoms with E-state index < -0.39 is 11.6 Å². The molecule has 232 valence electrons. The molecule has 1 aromatic carbocycles. The van der Waals surface area contributed by atoms with Gasteiger partial charge in [0.05, 0.1) is 12.1 Å². The molecule has 3 aromatic rings. The van der Waals surface area contributed by atoms with Crippen molar-refractivity contribution in [1.29, 1.82) is 0 Å². The molecule has 1 aliphatic rings. The number of ether oxygens (including phenoxy) is 1. The lowest BCUT2D eigenvalue weighted by molar-refractivity contribution is -0.130. The minimum Gasteiger partial charge on any atom is -0.444 e. The summed E-state index contributed by atoms with van der Waals surface area (Å²) in [5, 5.41) is 10.6. The molecule has 0 radical (unpaired) electrons. The number of fused-ring (bicyclic) bond motifs is 3. The van der Waals surface area contributed by atoms with Crippen LogP contribution >= 0.6 is 22.9 Å². The average Bonchev–Trinajstić information content (AvgIpc) is 3.41. The SMILES string of the molecule is Cc1sc2c(c1C)C(c1ccc(Cl)cc1)=N[C@@H](CC(=O)N(C)CCCCCCN(C)C(=O)OC(C)(C)C)c1nnc(C)n1-2. The van der Waals surface area contributed by atoms with E-state index in [4.69, 9.17) is 21.3 Å². The molecule has 9 nitrogen and oxygen atoms in total. The number of rotatable bonds is 10. The predicted molar refractivity (Wildman–Crippen MR) is 173 cm³/mol. The molecule has 0 saturated carbocycles. The van der Waals surface area contributed by atoms with Gasteiger partial charge in [0.2, 0.25) is 5.91 Å². The first-order valence-electron chi connectivity index (χ1n) is 14.8. The highest BCUT2D eigenvalue weighted by molar-refractivity contribution is 7.15. The zero-order valence-corrected chi connectivity index (χ0v) is 28.1. The molecule has 0 saturated heterocycles. The van der Waals surface area contributed by atoms with Crippen LogP contribution in [0.15, 0.2) is 29.3 Å². The molecule has 0 fully saturated rings. The van der Waals surface area contributed by atoms with E-state index in [1.54, 1.807) is 28.2 Å². The molecule has 2 amide bonds. The van der Waals surface area contributed by atoms with Crippen LogP contribution < -0.4 is 0 Å². The van der Waals surface area contributed by atoms with Gasteiger partial charge in [-0.2, -0.15) is 0 Å². The molecule has 43 heavy (non-hydrogen) atoms. The van der Waals surface area contributed by atoms with Gasteiger partial charge in [-0.1, -0.05) is 36.6 Å². The van der Waals surface area contributed by atoms with Gasteiger partial charge in [0.1, 0.15) is 22.5 Å². The van der Waals surface area contributed by atoms with E-state index in [2.05, 4.69) is 28.6 Å². The summed E-state index contributed by atoms with van der Waals surface area (Å²) in [6, 6.07) is 7.21. The van der Waals surface area contributed by atoms with Gasteiger partial charge in [-0.15, -0.1) is 21.5 Å². The first-order chi connectivity index (χ1) is 20.3. The molecule has 1 atom stereocenters. The summed E-state index contributed by atoms with van der Waals surface area (Å²) in [5.74, 6) is 1.47. The van der Waals surface area contributed by atoms with Crippen LogP contribution in [-0.4, -0.2) is 75.1 Å². The number of halogens is 1. The number of nitrogens with zero attached hydrogens (tertiary/aromatic N) is 6. The predicted octanol–water partition coefficient (Wildman–Crippen LogP) is 7.08.